The lowest BCUT2D eigenvalue weighted by Crippen LogP contribution is -2.56. The quantitative estimate of drug-likeness (QED) is 0.315. The number of carbonyl (C=O) groups is 3. The minimum atomic E-state index is -5.05. The molecule has 48 heavy (non-hydrogen) atoms. The van der Waals surface area contributed by atoms with Crippen LogP contribution in [0.2, 0.25) is 0 Å². The molecule has 14 heteroatoms. The number of methoxy groups -OCH3 is 1. The van der Waals surface area contributed by atoms with Crippen LogP contribution in [0.3, 0.4) is 0 Å². The fourth-order valence-corrected chi connectivity index (χ4v) is 7.96. The maximum atomic E-state index is 14.2. The molecule has 0 spiro atoms. The number of nitrogens with zero attached hydrogens (tertiary/aromatic N) is 3. The number of esters is 1. The summed E-state index contributed by atoms with van der Waals surface area (Å²) in [5.41, 5.74) is 2.91. The smallest absolute Gasteiger partial charge is 0.467 e. The molecule has 0 radical (unpaired) electrons. The predicted octanol–water partition coefficient (Wildman–Crippen LogP) is 3.80. The van der Waals surface area contributed by atoms with Gasteiger partial charge in [-0.3, -0.25) is 14.5 Å². The Labute approximate surface area is 278 Å². The van der Waals surface area contributed by atoms with Crippen LogP contribution in [0.5, 0.6) is 0 Å². The molecule has 0 saturated carbocycles. The Kier molecular flexibility index (Phi) is 11.0. The maximum absolute atomic E-state index is 14.2. The molecule has 10 nitrogen and oxygen atoms in total. The lowest BCUT2D eigenvalue weighted by atomic mass is 9.91. The van der Waals surface area contributed by atoms with Crippen molar-refractivity contribution in [3.8, 4) is 0 Å². The van der Waals surface area contributed by atoms with Crippen LogP contribution in [0.25, 0.3) is 0 Å². The lowest BCUT2D eigenvalue weighted by molar-refractivity contribution is -0.186. The van der Waals surface area contributed by atoms with Crippen LogP contribution in [-0.4, -0.2) is 92.4 Å². The third-order valence-corrected chi connectivity index (χ3v) is 10.7. The monoisotopic (exact) mass is 690 g/mol. The molecule has 3 atom stereocenters. The molecule has 1 fully saturated rings. The van der Waals surface area contributed by atoms with E-state index in [0.29, 0.717) is 42.8 Å². The Morgan fingerprint density at radius 1 is 1.02 bits per heavy atom. The molecule has 3 heterocycles. The summed E-state index contributed by atoms with van der Waals surface area (Å²) in [5, 5.41) is 0. The van der Waals surface area contributed by atoms with Gasteiger partial charge in [0.05, 0.1) is 12.0 Å². The number of halogens is 3. The van der Waals surface area contributed by atoms with Crippen molar-refractivity contribution in [1.29, 1.82) is 0 Å². The molecule has 2 aromatic rings. The third-order valence-electron chi connectivity index (χ3n) is 9.27. The number of fused-ring (bicyclic) bond motifs is 1. The van der Waals surface area contributed by atoms with E-state index in [9.17, 15) is 36.0 Å². The molecule has 1 N–H and O–H groups in total. The summed E-state index contributed by atoms with van der Waals surface area (Å²) in [6, 6.07) is 11.9. The molecule has 0 aliphatic carbocycles. The van der Waals surface area contributed by atoms with E-state index in [1.807, 2.05) is 43.3 Å². The van der Waals surface area contributed by atoms with Crippen molar-refractivity contribution < 1.29 is 40.7 Å². The maximum Gasteiger partial charge on any atom is 0.471 e. The van der Waals surface area contributed by atoms with Gasteiger partial charge in [0.2, 0.25) is 15.9 Å². The molecule has 0 bridgehead atoms. The SMILES string of the molecule is COC(=O)[C@@H]1C[C@H](C)CCN1C(=O)[C@H](CC1=CCCN(Cc2ccccc2)C1)NS(=O)(=O)c1ccc2c(c1)CN(C(=O)C(F)(F)F)CC2. The number of carbonyl (C=O) groups excluding carboxylic acids is 3. The summed E-state index contributed by atoms with van der Waals surface area (Å²) in [7, 11) is -3.14. The number of hydrogen-bond donors (Lipinski definition) is 1. The second-order valence-electron chi connectivity index (χ2n) is 12.8. The Bertz CT molecular complexity index is 1650. The zero-order valence-electron chi connectivity index (χ0n) is 27.0. The molecule has 2 aromatic carbocycles. The van der Waals surface area contributed by atoms with E-state index in [2.05, 4.69) is 9.62 Å². The summed E-state index contributed by atoms with van der Waals surface area (Å²) >= 11 is 0. The number of amides is 2. The first-order valence-corrected chi connectivity index (χ1v) is 17.6. The Balaban J connectivity index is 1.40. The average Bonchev–Trinajstić information content (AvgIpc) is 3.06. The summed E-state index contributed by atoms with van der Waals surface area (Å²) in [6.07, 6.45) is -1.12. The zero-order chi connectivity index (χ0) is 34.6. The lowest BCUT2D eigenvalue weighted by Gasteiger charge is -2.39. The normalized spacial score (nSPS) is 21.2. The van der Waals surface area contributed by atoms with Crippen molar-refractivity contribution in [1.82, 2.24) is 19.4 Å². The third kappa shape index (κ3) is 8.45. The van der Waals surface area contributed by atoms with E-state index in [-0.39, 0.29) is 42.3 Å². The molecule has 0 unspecified atom stereocenters. The topological polar surface area (TPSA) is 116 Å². The molecule has 1 saturated heterocycles. The average molecular weight is 691 g/mol. The Morgan fingerprint density at radius 2 is 1.77 bits per heavy atom. The van der Waals surface area contributed by atoms with Crippen molar-refractivity contribution in [2.24, 2.45) is 5.92 Å². The fraction of sp³-hybridized carbons (Fsp3) is 0.500. The minimum absolute atomic E-state index is 0.0576. The van der Waals surface area contributed by atoms with Gasteiger partial charge in [0, 0.05) is 39.3 Å². The van der Waals surface area contributed by atoms with Gasteiger partial charge < -0.3 is 14.5 Å². The Morgan fingerprint density at radius 3 is 2.48 bits per heavy atom. The van der Waals surface area contributed by atoms with E-state index in [1.165, 1.54) is 30.2 Å². The van der Waals surface area contributed by atoms with E-state index in [1.54, 1.807) is 0 Å². The van der Waals surface area contributed by atoms with Crippen molar-refractivity contribution in [3.63, 3.8) is 0 Å². The summed E-state index contributed by atoms with van der Waals surface area (Å²) < 4.78 is 74.8. The van der Waals surface area contributed by atoms with Gasteiger partial charge in [-0.25, -0.2) is 13.2 Å². The highest BCUT2D eigenvalue weighted by Crippen LogP contribution is 2.29. The standard InChI is InChI=1S/C34H41F3N4O6S/c1-23-12-16-41(30(17-23)32(43)47-2)31(42)29(18-25-9-6-14-39(21-25)20-24-7-4-3-5-8-24)38-48(45,46)28-11-10-26-13-15-40(22-27(26)19-28)33(44)34(35,36)37/h3-5,7-11,19,23,29-30,38H,6,12-18,20-22H2,1-2H3/t23-,29+,30+/m1/s1. The van der Waals surface area contributed by atoms with Crippen LogP contribution in [0.1, 0.15) is 49.3 Å². The molecule has 2 amide bonds. The first-order chi connectivity index (χ1) is 22.7. The van der Waals surface area contributed by atoms with Crippen molar-refractivity contribution in [2.45, 2.75) is 75.3 Å². The zero-order valence-corrected chi connectivity index (χ0v) is 27.9. The number of likely N-dealkylation sites (tertiary alicyclic amines) is 1. The number of hydrogen-bond acceptors (Lipinski definition) is 7. The van der Waals surface area contributed by atoms with Gasteiger partial charge in [-0.15, -0.1) is 0 Å². The van der Waals surface area contributed by atoms with Gasteiger partial charge in [0.15, 0.2) is 0 Å². The highest BCUT2D eigenvalue weighted by atomic mass is 32.2. The van der Waals surface area contributed by atoms with Gasteiger partial charge in [-0.2, -0.15) is 17.9 Å². The molecule has 0 aromatic heterocycles. The molecular formula is C34H41F3N4O6S. The second kappa shape index (κ2) is 14.8. The highest BCUT2D eigenvalue weighted by molar-refractivity contribution is 7.89. The number of benzene rings is 2. The number of piperidine rings is 1. The van der Waals surface area contributed by atoms with E-state index < -0.39 is 52.6 Å². The minimum Gasteiger partial charge on any atom is -0.467 e. The fourth-order valence-electron chi connectivity index (χ4n) is 6.72. The van der Waals surface area contributed by atoms with Crippen LogP contribution in [0.4, 0.5) is 13.2 Å². The van der Waals surface area contributed by atoms with Gasteiger partial charge in [-0.1, -0.05) is 55.0 Å². The first-order valence-electron chi connectivity index (χ1n) is 16.1. The first kappa shape index (κ1) is 35.6. The Hall–Kier alpha value is -3.75. The van der Waals surface area contributed by atoms with Gasteiger partial charge in [0.25, 0.3) is 0 Å². The van der Waals surface area contributed by atoms with Crippen LogP contribution in [0, 0.1) is 5.92 Å². The number of ether oxygens (including phenoxy) is 1. The molecule has 260 valence electrons. The summed E-state index contributed by atoms with van der Waals surface area (Å²) in [6.45, 7) is 3.68. The van der Waals surface area contributed by atoms with Crippen molar-refractivity contribution >= 4 is 27.8 Å². The summed E-state index contributed by atoms with van der Waals surface area (Å²) in [5.74, 6) is -2.96. The summed E-state index contributed by atoms with van der Waals surface area (Å²) in [4.78, 5) is 42.9. The predicted molar refractivity (Wildman–Crippen MR) is 171 cm³/mol. The van der Waals surface area contributed by atoms with E-state index in [0.717, 1.165) is 17.7 Å². The van der Waals surface area contributed by atoms with Crippen molar-refractivity contribution in [2.75, 3.05) is 33.3 Å². The van der Waals surface area contributed by atoms with Crippen LogP contribution in [0.15, 0.2) is 65.1 Å². The van der Waals surface area contributed by atoms with Crippen LogP contribution >= 0.6 is 0 Å². The van der Waals surface area contributed by atoms with Crippen LogP contribution in [-0.2, 0) is 48.7 Å². The number of alkyl halides is 3. The van der Waals surface area contributed by atoms with Gasteiger partial charge >= 0.3 is 18.1 Å². The molecule has 3 aliphatic heterocycles. The van der Waals surface area contributed by atoms with E-state index in [4.69, 9.17) is 4.74 Å². The van der Waals surface area contributed by atoms with Crippen molar-refractivity contribution in [3.05, 3.63) is 76.9 Å². The van der Waals surface area contributed by atoms with Crippen LogP contribution < -0.4 is 4.72 Å². The second-order valence-corrected chi connectivity index (χ2v) is 14.5. The number of rotatable bonds is 9. The van der Waals surface area contributed by atoms with Gasteiger partial charge in [0.1, 0.15) is 12.1 Å². The number of nitrogens with one attached hydrogen (secondary N) is 1. The molecular weight excluding hydrogens is 649 g/mol. The number of sulfonamides is 1. The van der Waals surface area contributed by atoms with Gasteiger partial charge in [-0.05, 0) is 66.8 Å². The largest absolute Gasteiger partial charge is 0.471 e. The van der Waals surface area contributed by atoms with E-state index >= 15 is 0 Å². The molecule has 5 rings (SSSR count). The highest BCUT2D eigenvalue weighted by Gasteiger charge is 2.44. The molecule has 3 aliphatic rings.